The van der Waals surface area contributed by atoms with E-state index in [9.17, 15) is 4.79 Å². The molecule has 1 saturated heterocycles. The molecule has 1 aliphatic heterocycles. The fraction of sp³-hybridized carbons (Fsp3) is 0.300. The summed E-state index contributed by atoms with van der Waals surface area (Å²) in [5.74, 6) is -0.676. The van der Waals surface area contributed by atoms with Gasteiger partial charge in [-0.15, -0.1) is 0 Å². The van der Waals surface area contributed by atoms with Gasteiger partial charge in [-0.25, -0.2) is 0 Å². The number of ether oxygens (including phenoxy) is 2. The van der Waals surface area contributed by atoms with Crippen molar-refractivity contribution in [3.05, 3.63) is 29.3 Å². The highest BCUT2D eigenvalue weighted by molar-refractivity contribution is 5.75. The van der Waals surface area contributed by atoms with E-state index in [0.717, 1.165) is 6.29 Å². The molecular formula is C10H10O5. The number of carbonyl (C=O) groups excluding carboxylic acids is 1. The molecule has 0 amide bonds. The number of hydrogen-bond acceptors (Lipinski definition) is 5. The molecule has 15 heavy (non-hydrogen) atoms. The van der Waals surface area contributed by atoms with E-state index in [1.54, 1.807) is 18.2 Å². The molecule has 2 rings (SSSR count). The van der Waals surface area contributed by atoms with Crippen LogP contribution in [0.4, 0.5) is 0 Å². The van der Waals surface area contributed by atoms with Gasteiger partial charge < -0.3 is 9.47 Å². The summed E-state index contributed by atoms with van der Waals surface area (Å²) in [5, 5.41) is 0. The zero-order valence-corrected chi connectivity index (χ0v) is 8.35. The van der Waals surface area contributed by atoms with Crippen molar-refractivity contribution in [3.8, 4) is 5.75 Å². The summed E-state index contributed by atoms with van der Waals surface area (Å²) in [6.45, 7) is 0. The van der Waals surface area contributed by atoms with Crippen molar-refractivity contribution in [2.24, 2.45) is 0 Å². The summed E-state index contributed by atoms with van der Waals surface area (Å²) < 4.78 is 10.2. The number of hydrogen-bond donors (Lipinski definition) is 0. The van der Waals surface area contributed by atoms with Crippen LogP contribution in [-0.4, -0.2) is 20.5 Å². The molecule has 5 nitrogen and oxygen atoms in total. The third-order valence-electron chi connectivity index (χ3n) is 2.19. The van der Waals surface area contributed by atoms with Crippen molar-refractivity contribution in [1.29, 1.82) is 0 Å². The third kappa shape index (κ3) is 1.61. The van der Waals surface area contributed by atoms with Crippen LogP contribution in [0, 0.1) is 0 Å². The van der Waals surface area contributed by atoms with Crippen LogP contribution < -0.4 is 4.74 Å². The van der Waals surface area contributed by atoms with Crippen molar-refractivity contribution >= 4 is 6.29 Å². The number of aldehydes is 1. The van der Waals surface area contributed by atoms with E-state index in [1.807, 2.05) is 0 Å². The van der Waals surface area contributed by atoms with Crippen LogP contribution in [-0.2, 0) is 20.5 Å². The molecule has 0 N–H and O–H groups in total. The summed E-state index contributed by atoms with van der Waals surface area (Å²) in [5.41, 5.74) is 1.04. The Labute approximate surface area is 86.4 Å². The van der Waals surface area contributed by atoms with Crippen LogP contribution in [0.5, 0.6) is 5.75 Å². The van der Waals surface area contributed by atoms with Gasteiger partial charge in [-0.2, -0.15) is 9.78 Å². The van der Waals surface area contributed by atoms with E-state index in [2.05, 4.69) is 0 Å². The molecule has 0 radical (unpaired) electrons. The van der Waals surface area contributed by atoms with Crippen molar-refractivity contribution in [2.45, 2.75) is 5.97 Å². The van der Waals surface area contributed by atoms with Gasteiger partial charge in [0.1, 0.15) is 12.0 Å². The summed E-state index contributed by atoms with van der Waals surface area (Å²) in [6.07, 6.45) is 0.731. The molecule has 0 aliphatic carbocycles. The molecule has 5 heteroatoms. The van der Waals surface area contributed by atoms with E-state index >= 15 is 0 Å². The summed E-state index contributed by atoms with van der Waals surface area (Å²) in [6, 6.07) is 4.90. The molecule has 80 valence electrons. The second kappa shape index (κ2) is 3.62. The number of benzene rings is 1. The molecular weight excluding hydrogens is 200 g/mol. The van der Waals surface area contributed by atoms with Gasteiger partial charge in [0.15, 0.2) is 0 Å². The lowest BCUT2D eigenvalue weighted by Gasteiger charge is -2.10. The molecule has 1 fully saturated rings. The van der Waals surface area contributed by atoms with Crippen molar-refractivity contribution in [3.63, 3.8) is 0 Å². The van der Waals surface area contributed by atoms with E-state index in [0.29, 0.717) is 16.9 Å². The normalized spacial score (nSPS) is 17.2. The average Bonchev–Trinajstić information content (AvgIpc) is 3.09. The van der Waals surface area contributed by atoms with Gasteiger partial charge in [0.05, 0.1) is 12.7 Å². The van der Waals surface area contributed by atoms with Crippen molar-refractivity contribution in [1.82, 2.24) is 0 Å². The highest BCUT2D eigenvalue weighted by atomic mass is 17.4. The summed E-state index contributed by atoms with van der Waals surface area (Å²) >= 11 is 0. The number of rotatable bonds is 4. The average molecular weight is 210 g/mol. The Morgan fingerprint density at radius 2 is 2.07 bits per heavy atom. The zero-order valence-electron chi connectivity index (χ0n) is 8.35. The van der Waals surface area contributed by atoms with Gasteiger partial charge in [0.25, 0.3) is 0 Å². The fourth-order valence-electron chi connectivity index (χ4n) is 1.34. The molecule has 0 bridgehead atoms. The first-order chi connectivity index (χ1) is 7.25. The smallest absolute Gasteiger partial charge is 0.370 e. The van der Waals surface area contributed by atoms with Crippen LogP contribution in [0.15, 0.2) is 18.2 Å². The van der Waals surface area contributed by atoms with Crippen LogP contribution in [0.2, 0.25) is 0 Å². The molecule has 0 spiro atoms. The Morgan fingerprint density at radius 1 is 1.33 bits per heavy atom. The van der Waals surface area contributed by atoms with Gasteiger partial charge in [0, 0.05) is 12.7 Å². The lowest BCUT2D eigenvalue weighted by atomic mass is 10.1. The molecule has 1 aliphatic rings. The largest absolute Gasteiger partial charge is 0.496 e. The topological polar surface area (TPSA) is 60.6 Å². The third-order valence-corrected chi connectivity index (χ3v) is 2.19. The van der Waals surface area contributed by atoms with Gasteiger partial charge >= 0.3 is 5.97 Å². The van der Waals surface area contributed by atoms with E-state index < -0.39 is 5.97 Å². The molecule has 0 saturated carbocycles. The van der Waals surface area contributed by atoms with E-state index in [4.69, 9.17) is 19.2 Å². The standard InChI is InChI=1S/C10H10O5/c1-12-9-4-3-7(6-11)5-8(9)10(13-2)14-15-10/h3-6H,1-2H3. The van der Waals surface area contributed by atoms with Gasteiger partial charge in [-0.3, -0.25) is 4.79 Å². The van der Waals surface area contributed by atoms with Crippen LogP contribution >= 0.6 is 0 Å². The predicted molar refractivity (Wildman–Crippen MR) is 49.2 cm³/mol. The van der Waals surface area contributed by atoms with Gasteiger partial charge in [0.2, 0.25) is 0 Å². The second-order valence-corrected chi connectivity index (χ2v) is 3.00. The monoisotopic (exact) mass is 210 g/mol. The lowest BCUT2D eigenvalue weighted by Crippen LogP contribution is -2.12. The number of methoxy groups -OCH3 is 2. The second-order valence-electron chi connectivity index (χ2n) is 3.00. The quantitative estimate of drug-likeness (QED) is 0.425. The van der Waals surface area contributed by atoms with Crippen LogP contribution in [0.1, 0.15) is 15.9 Å². The molecule has 0 atom stereocenters. The SMILES string of the molecule is COc1ccc(C=O)cc1C1(OC)OO1. The summed E-state index contributed by atoms with van der Waals surface area (Å²) in [4.78, 5) is 20.1. The minimum Gasteiger partial charge on any atom is -0.496 e. The van der Waals surface area contributed by atoms with Crippen LogP contribution in [0.3, 0.4) is 0 Å². The highest BCUT2D eigenvalue weighted by Crippen LogP contribution is 2.45. The summed E-state index contributed by atoms with van der Waals surface area (Å²) in [7, 11) is 2.96. The minimum absolute atomic E-state index is 0.501. The lowest BCUT2D eigenvalue weighted by molar-refractivity contribution is -0.0261. The maximum absolute atomic E-state index is 10.6. The van der Waals surface area contributed by atoms with E-state index in [1.165, 1.54) is 14.2 Å². The molecule has 1 aromatic rings. The first-order valence-electron chi connectivity index (χ1n) is 4.31. The zero-order chi connectivity index (χ0) is 10.9. The highest BCUT2D eigenvalue weighted by Gasteiger charge is 2.54. The molecule has 0 unspecified atom stereocenters. The Bertz CT molecular complexity index is 383. The fourth-order valence-corrected chi connectivity index (χ4v) is 1.34. The Morgan fingerprint density at radius 3 is 2.53 bits per heavy atom. The first-order valence-corrected chi connectivity index (χ1v) is 4.31. The van der Waals surface area contributed by atoms with Crippen molar-refractivity contribution < 1.29 is 24.0 Å². The first kappa shape index (κ1) is 10.1. The minimum atomic E-state index is -1.22. The molecule has 1 aromatic carbocycles. The van der Waals surface area contributed by atoms with Gasteiger partial charge in [-0.1, -0.05) is 0 Å². The molecule has 1 heterocycles. The Kier molecular flexibility index (Phi) is 2.44. The number of carbonyl (C=O) groups is 1. The Hall–Kier alpha value is -1.43. The molecule has 0 aromatic heterocycles. The van der Waals surface area contributed by atoms with Crippen LogP contribution in [0.25, 0.3) is 0 Å². The maximum atomic E-state index is 10.6. The predicted octanol–water partition coefficient (Wildman–Crippen LogP) is 1.23. The maximum Gasteiger partial charge on any atom is 0.370 e. The Balaban J connectivity index is 2.47. The van der Waals surface area contributed by atoms with Crippen molar-refractivity contribution in [2.75, 3.05) is 14.2 Å². The van der Waals surface area contributed by atoms with E-state index in [-0.39, 0.29) is 0 Å². The van der Waals surface area contributed by atoms with Gasteiger partial charge in [-0.05, 0) is 18.2 Å².